The van der Waals surface area contributed by atoms with Crippen molar-refractivity contribution < 1.29 is 19.1 Å². The first kappa shape index (κ1) is 19.4. The second kappa shape index (κ2) is 8.57. The molecule has 28 heavy (non-hydrogen) atoms. The first-order valence-corrected chi connectivity index (χ1v) is 9.12. The maximum absolute atomic E-state index is 12.9. The number of anilines is 1. The van der Waals surface area contributed by atoms with Crippen LogP contribution in [0.2, 0.25) is 0 Å². The van der Waals surface area contributed by atoms with Crippen molar-refractivity contribution in [1.29, 1.82) is 5.26 Å². The molecule has 1 aliphatic rings. The molecule has 3 rings (SSSR count). The average molecular weight is 378 g/mol. The number of piperidine rings is 1. The first-order chi connectivity index (χ1) is 13.6. The topological polar surface area (TPSA) is 79.6 Å². The van der Waals surface area contributed by atoms with Crippen LogP contribution in [0.3, 0.4) is 0 Å². The molecule has 0 aliphatic carbocycles. The summed E-state index contributed by atoms with van der Waals surface area (Å²) in [6.45, 7) is 1.66. The van der Waals surface area contributed by atoms with Gasteiger partial charge in [0.2, 0.25) is 5.91 Å². The molecule has 0 radical (unpaired) electrons. The molecule has 2 aromatic carbocycles. The molecule has 6 heteroatoms. The van der Waals surface area contributed by atoms with Crippen LogP contribution < -0.4 is 9.64 Å². The molecular weight excluding hydrogens is 356 g/mol. The number of para-hydroxylation sites is 1. The largest absolute Gasteiger partial charge is 0.496 e. The lowest BCUT2D eigenvalue weighted by Gasteiger charge is -2.40. The van der Waals surface area contributed by atoms with Crippen LogP contribution in [-0.2, 0) is 14.3 Å². The summed E-state index contributed by atoms with van der Waals surface area (Å²) in [5.74, 6) is -0.549. The molecule has 1 heterocycles. The van der Waals surface area contributed by atoms with E-state index in [0.29, 0.717) is 17.9 Å². The third kappa shape index (κ3) is 3.84. The van der Waals surface area contributed by atoms with Crippen LogP contribution in [0, 0.1) is 24.2 Å². The number of nitriles is 1. The quantitative estimate of drug-likeness (QED) is 0.744. The third-order valence-corrected chi connectivity index (χ3v) is 4.95. The van der Waals surface area contributed by atoms with Gasteiger partial charge in [-0.3, -0.25) is 9.59 Å². The van der Waals surface area contributed by atoms with Crippen LogP contribution in [-0.4, -0.2) is 25.6 Å². The van der Waals surface area contributed by atoms with Crippen LogP contribution in [0.5, 0.6) is 5.75 Å². The van der Waals surface area contributed by atoms with Gasteiger partial charge in [-0.2, -0.15) is 5.26 Å². The van der Waals surface area contributed by atoms with Crippen molar-refractivity contribution in [1.82, 2.24) is 0 Å². The molecule has 2 atom stereocenters. The molecule has 6 nitrogen and oxygen atoms in total. The number of carbonyl (C=O) groups is 2. The summed E-state index contributed by atoms with van der Waals surface area (Å²) in [6.07, 6.45) is 0.583. The van der Waals surface area contributed by atoms with E-state index >= 15 is 0 Å². The second-order valence-corrected chi connectivity index (χ2v) is 6.70. The van der Waals surface area contributed by atoms with Crippen LogP contribution in [0.4, 0.5) is 5.69 Å². The minimum Gasteiger partial charge on any atom is -0.496 e. The predicted octanol–water partition coefficient (Wildman–Crippen LogP) is 3.55. The third-order valence-electron chi connectivity index (χ3n) is 4.95. The highest BCUT2D eigenvalue weighted by Gasteiger charge is 2.43. The van der Waals surface area contributed by atoms with E-state index in [1.165, 1.54) is 0 Å². The Hall–Kier alpha value is -3.33. The van der Waals surface area contributed by atoms with Crippen molar-refractivity contribution in [2.75, 3.05) is 18.6 Å². The minimum atomic E-state index is -0.594. The molecule has 0 aromatic heterocycles. The van der Waals surface area contributed by atoms with E-state index in [0.717, 1.165) is 11.1 Å². The van der Waals surface area contributed by atoms with Gasteiger partial charge in [0, 0.05) is 17.7 Å². The first-order valence-electron chi connectivity index (χ1n) is 9.12. The number of aryl methyl sites for hydroxylation is 1. The molecule has 0 spiro atoms. The molecule has 1 fully saturated rings. The van der Waals surface area contributed by atoms with Gasteiger partial charge in [0.1, 0.15) is 11.8 Å². The number of esters is 1. The monoisotopic (exact) mass is 378 g/mol. The second-order valence-electron chi connectivity index (χ2n) is 6.70. The summed E-state index contributed by atoms with van der Waals surface area (Å²) in [7, 11) is 1.56. The van der Waals surface area contributed by atoms with Crippen molar-refractivity contribution >= 4 is 17.6 Å². The van der Waals surface area contributed by atoms with E-state index in [1.807, 2.05) is 55.5 Å². The standard InChI is InChI=1S/C22H22N2O4/c1-15-7-9-16(10-8-15)24-20(25)12-11-18(22(26)28-14-13-23)21(24)17-5-3-4-6-19(17)27-2/h3-10,18,21H,11-12,14H2,1-2H3/t18-,21+/m0/s1. The maximum Gasteiger partial charge on any atom is 0.312 e. The Labute approximate surface area is 164 Å². The molecule has 144 valence electrons. The Morgan fingerprint density at radius 3 is 2.61 bits per heavy atom. The Morgan fingerprint density at radius 1 is 1.21 bits per heavy atom. The van der Waals surface area contributed by atoms with Crippen molar-refractivity contribution in [2.45, 2.75) is 25.8 Å². The highest BCUT2D eigenvalue weighted by Crippen LogP contribution is 2.43. The Kier molecular flexibility index (Phi) is 5.95. The number of carbonyl (C=O) groups excluding carboxylic acids is 2. The zero-order chi connectivity index (χ0) is 20.1. The smallest absolute Gasteiger partial charge is 0.312 e. The van der Waals surface area contributed by atoms with E-state index in [2.05, 4.69) is 0 Å². The summed E-state index contributed by atoms with van der Waals surface area (Å²) in [4.78, 5) is 27.3. The van der Waals surface area contributed by atoms with Gasteiger partial charge in [-0.1, -0.05) is 35.9 Å². The highest BCUT2D eigenvalue weighted by molar-refractivity contribution is 5.97. The van der Waals surface area contributed by atoms with Gasteiger partial charge in [-0.15, -0.1) is 0 Å². The number of rotatable bonds is 5. The van der Waals surface area contributed by atoms with Crippen molar-refractivity contribution in [3.05, 3.63) is 59.7 Å². The average Bonchev–Trinajstić information content (AvgIpc) is 2.72. The van der Waals surface area contributed by atoms with Gasteiger partial charge >= 0.3 is 5.97 Å². The molecule has 2 aromatic rings. The predicted molar refractivity (Wildman–Crippen MR) is 104 cm³/mol. The number of hydrogen-bond acceptors (Lipinski definition) is 5. The van der Waals surface area contributed by atoms with Gasteiger partial charge in [-0.25, -0.2) is 0 Å². The molecule has 1 amide bonds. The lowest BCUT2D eigenvalue weighted by molar-refractivity contribution is -0.149. The van der Waals surface area contributed by atoms with E-state index < -0.39 is 17.9 Å². The number of amides is 1. The molecule has 0 bridgehead atoms. The van der Waals surface area contributed by atoms with Gasteiger partial charge < -0.3 is 14.4 Å². The fourth-order valence-corrected chi connectivity index (χ4v) is 3.63. The zero-order valence-electron chi connectivity index (χ0n) is 15.9. The van der Waals surface area contributed by atoms with Crippen molar-refractivity contribution in [3.8, 4) is 11.8 Å². The summed E-state index contributed by atoms with van der Waals surface area (Å²) in [5.41, 5.74) is 2.52. The molecule has 0 N–H and O–H groups in total. The lowest BCUT2D eigenvalue weighted by atomic mass is 9.83. The SMILES string of the molecule is COc1ccccc1[C@@H]1[C@@H](C(=O)OCC#N)CCC(=O)N1c1ccc(C)cc1. The number of nitrogens with zero attached hydrogens (tertiary/aromatic N) is 2. The van der Waals surface area contributed by atoms with Crippen molar-refractivity contribution in [2.24, 2.45) is 5.92 Å². The van der Waals surface area contributed by atoms with E-state index in [1.54, 1.807) is 18.1 Å². The lowest BCUT2D eigenvalue weighted by Crippen LogP contribution is -2.46. The van der Waals surface area contributed by atoms with E-state index in [4.69, 9.17) is 14.7 Å². The fourth-order valence-electron chi connectivity index (χ4n) is 3.63. The zero-order valence-corrected chi connectivity index (χ0v) is 15.9. The van der Waals surface area contributed by atoms with Gasteiger partial charge in [0.05, 0.1) is 19.1 Å². The molecule has 0 unspecified atom stereocenters. The van der Waals surface area contributed by atoms with Gasteiger partial charge in [0.15, 0.2) is 6.61 Å². The van der Waals surface area contributed by atoms with Crippen LogP contribution in [0.1, 0.15) is 30.0 Å². The summed E-state index contributed by atoms with van der Waals surface area (Å²) < 4.78 is 10.6. The number of ether oxygens (including phenoxy) is 2. The van der Waals surface area contributed by atoms with E-state index in [9.17, 15) is 9.59 Å². The molecule has 0 saturated carbocycles. The minimum absolute atomic E-state index is 0.0657. The number of benzene rings is 2. The Balaban J connectivity index is 2.11. The van der Waals surface area contributed by atoms with Crippen molar-refractivity contribution in [3.63, 3.8) is 0 Å². The van der Waals surface area contributed by atoms with Gasteiger partial charge in [-0.05, 0) is 31.5 Å². The van der Waals surface area contributed by atoms with Crippen LogP contribution >= 0.6 is 0 Å². The summed E-state index contributed by atoms with van der Waals surface area (Å²) >= 11 is 0. The fraction of sp³-hybridized carbons (Fsp3) is 0.318. The highest BCUT2D eigenvalue weighted by atomic mass is 16.5. The number of methoxy groups -OCH3 is 1. The maximum atomic E-state index is 12.9. The Bertz CT molecular complexity index is 901. The summed E-state index contributed by atoms with van der Waals surface area (Å²) in [5, 5.41) is 8.76. The molecule has 1 saturated heterocycles. The normalized spacial score (nSPS) is 19.0. The van der Waals surface area contributed by atoms with Crippen LogP contribution in [0.25, 0.3) is 0 Å². The molecular formula is C22H22N2O4. The number of hydrogen-bond donors (Lipinski definition) is 0. The van der Waals surface area contributed by atoms with Gasteiger partial charge in [0.25, 0.3) is 0 Å². The Morgan fingerprint density at radius 2 is 1.93 bits per heavy atom. The van der Waals surface area contributed by atoms with E-state index in [-0.39, 0.29) is 18.9 Å². The molecule has 1 aliphatic heterocycles. The van der Waals surface area contributed by atoms with Crippen LogP contribution in [0.15, 0.2) is 48.5 Å². The summed E-state index contributed by atoms with van der Waals surface area (Å²) in [6, 6.07) is 16.2.